The molecule has 1 saturated heterocycles. The molecule has 1 aromatic heterocycles. The molecule has 190 valence electrons. The number of nitrogens with zero attached hydrogens (tertiary/aromatic N) is 2. The van der Waals surface area contributed by atoms with Crippen LogP contribution in [-0.4, -0.2) is 54.5 Å². The van der Waals surface area contributed by atoms with Gasteiger partial charge in [0.2, 0.25) is 5.91 Å². The van der Waals surface area contributed by atoms with Crippen molar-refractivity contribution in [2.75, 3.05) is 20.6 Å². The molecule has 5 heteroatoms. The zero-order valence-corrected chi connectivity index (χ0v) is 22.8. The Morgan fingerprint density at radius 3 is 2.86 bits per heavy atom. The van der Waals surface area contributed by atoms with Crippen molar-refractivity contribution >= 4 is 17.2 Å². The number of likely N-dealkylation sites (tertiary alicyclic amines) is 1. The number of thiophene rings is 1. The highest BCUT2D eigenvalue weighted by Gasteiger charge is 2.62. The summed E-state index contributed by atoms with van der Waals surface area (Å²) in [5.74, 6) is 3.15. The fraction of sp³-hybridized carbons (Fsp3) is 0.700. The number of carbonyl (C=O) groups excluding carboxylic acids is 1. The van der Waals surface area contributed by atoms with Crippen LogP contribution in [0.3, 0.4) is 0 Å². The average Bonchev–Trinajstić information content (AvgIpc) is 3.54. The fourth-order valence-corrected chi connectivity index (χ4v) is 10.1. The summed E-state index contributed by atoms with van der Waals surface area (Å²) < 4.78 is 0. The molecule has 1 aliphatic heterocycles. The van der Waals surface area contributed by atoms with Gasteiger partial charge in [0.1, 0.15) is 0 Å². The number of likely N-dealkylation sites (N-methyl/N-ethyl adjacent to an activating group) is 1. The van der Waals surface area contributed by atoms with Crippen molar-refractivity contribution in [1.82, 2.24) is 9.80 Å². The lowest BCUT2D eigenvalue weighted by Gasteiger charge is -2.58. The molecule has 1 spiro atoms. The van der Waals surface area contributed by atoms with Gasteiger partial charge in [0, 0.05) is 37.0 Å². The highest BCUT2D eigenvalue weighted by Crippen LogP contribution is 2.66. The summed E-state index contributed by atoms with van der Waals surface area (Å²) >= 11 is 1.69. The smallest absolute Gasteiger partial charge is 0.239 e. The second-order valence-corrected chi connectivity index (χ2v) is 13.8. The molecule has 1 unspecified atom stereocenters. The van der Waals surface area contributed by atoms with E-state index in [1.54, 1.807) is 16.9 Å². The summed E-state index contributed by atoms with van der Waals surface area (Å²) in [6.07, 6.45) is 15.8. The maximum atomic E-state index is 13.2. The molecule has 6 rings (SSSR count). The number of hydrogen-bond donors (Lipinski definition) is 1. The van der Waals surface area contributed by atoms with Crippen molar-refractivity contribution in [3.63, 3.8) is 0 Å². The molecular weight excluding hydrogens is 450 g/mol. The highest BCUT2D eigenvalue weighted by molar-refractivity contribution is 7.09. The number of rotatable bonds is 4. The van der Waals surface area contributed by atoms with E-state index in [-0.39, 0.29) is 11.9 Å². The van der Waals surface area contributed by atoms with Gasteiger partial charge in [-0.3, -0.25) is 4.79 Å². The van der Waals surface area contributed by atoms with E-state index in [2.05, 4.69) is 55.5 Å². The highest BCUT2D eigenvalue weighted by atomic mass is 32.1. The number of carbonyl (C=O) groups is 1. The fourth-order valence-electron chi connectivity index (χ4n) is 9.29. The van der Waals surface area contributed by atoms with E-state index in [4.69, 9.17) is 5.73 Å². The van der Waals surface area contributed by atoms with Gasteiger partial charge in [-0.25, -0.2) is 0 Å². The molecule has 0 bridgehead atoms. The maximum absolute atomic E-state index is 13.2. The largest absolute Gasteiger partial charge is 0.341 e. The second kappa shape index (κ2) is 8.56. The number of amides is 1. The van der Waals surface area contributed by atoms with E-state index in [0.717, 1.165) is 36.5 Å². The van der Waals surface area contributed by atoms with Crippen molar-refractivity contribution in [2.45, 2.75) is 76.9 Å². The van der Waals surface area contributed by atoms with Crippen molar-refractivity contribution in [1.29, 1.82) is 0 Å². The summed E-state index contributed by atoms with van der Waals surface area (Å²) in [7, 11) is 4.32. The molecule has 2 N–H and O–H groups in total. The molecule has 1 aromatic rings. The third-order valence-electron chi connectivity index (χ3n) is 11.4. The van der Waals surface area contributed by atoms with E-state index < -0.39 is 6.04 Å². The third kappa shape index (κ3) is 3.55. The van der Waals surface area contributed by atoms with Crippen LogP contribution in [0.15, 0.2) is 41.3 Å². The molecule has 3 fully saturated rings. The Morgan fingerprint density at radius 1 is 1.29 bits per heavy atom. The first-order valence-corrected chi connectivity index (χ1v) is 14.8. The Bertz CT molecular complexity index is 1030. The van der Waals surface area contributed by atoms with E-state index in [1.807, 2.05) is 18.0 Å². The van der Waals surface area contributed by atoms with Gasteiger partial charge in [0.05, 0.1) is 6.04 Å². The molecule has 4 nitrogen and oxygen atoms in total. The number of nitrogens with two attached hydrogens (primary N) is 1. The number of fused-ring (bicyclic) bond motifs is 4. The van der Waals surface area contributed by atoms with Crippen molar-refractivity contribution in [2.24, 2.45) is 40.2 Å². The Morgan fingerprint density at radius 2 is 2.09 bits per heavy atom. The zero-order chi connectivity index (χ0) is 24.5. The summed E-state index contributed by atoms with van der Waals surface area (Å²) in [4.78, 5) is 19.0. The van der Waals surface area contributed by atoms with Crippen molar-refractivity contribution in [3.05, 3.63) is 46.2 Å². The minimum absolute atomic E-state index is 0.0995. The molecule has 35 heavy (non-hydrogen) atoms. The van der Waals surface area contributed by atoms with E-state index in [1.165, 1.54) is 37.1 Å². The van der Waals surface area contributed by atoms with E-state index >= 15 is 0 Å². The Kier molecular flexibility index (Phi) is 5.86. The third-order valence-corrected chi connectivity index (χ3v) is 12.3. The lowest BCUT2D eigenvalue weighted by Crippen LogP contribution is -2.54. The first-order valence-electron chi connectivity index (χ1n) is 13.9. The predicted octanol–water partition coefficient (Wildman–Crippen LogP) is 5.11. The Balaban J connectivity index is 1.17. The van der Waals surface area contributed by atoms with Gasteiger partial charge in [-0.15, -0.1) is 11.3 Å². The van der Waals surface area contributed by atoms with Gasteiger partial charge < -0.3 is 15.5 Å². The van der Waals surface area contributed by atoms with Gasteiger partial charge in [-0.1, -0.05) is 36.8 Å². The second-order valence-electron chi connectivity index (χ2n) is 12.8. The quantitative estimate of drug-likeness (QED) is 0.593. The molecule has 5 aliphatic rings. The van der Waals surface area contributed by atoms with Gasteiger partial charge in [0.15, 0.2) is 0 Å². The van der Waals surface area contributed by atoms with Crippen LogP contribution in [0.25, 0.3) is 0 Å². The summed E-state index contributed by atoms with van der Waals surface area (Å²) in [5.41, 5.74) is 8.78. The zero-order valence-electron chi connectivity index (χ0n) is 22.0. The topological polar surface area (TPSA) is 49.6 Å². The van der Waals surface area contributed by atoms with Crippen LogP contribution < -0.4 is 5.73 Å². The normalized spacial score (nSPS) is 43.1. The molecule has 1 amide bonds. The van der Waals surface area contributed by atoms with Crippen LogP contribution in [0.2, 0.25) is 0 Å². The summed E-state index contributed by atoms with van der Waals surface area (Å²) in [6, 6.07) is 4.62. The van der Waals surface area contributed by atoms with Crippen LogP contribution >= 0.6 is 11.3 Å². The first-order chi connectivity index (χ1) is 16.7. The van der Waals surface area contributed by atoms with Crippen LogP contribution in [-0.2, 0) is 11.2 Å². The minimum Gasteiger partial charge on any atom is -0.341 e. The maximum Gasteiger partial charge on any atom is 0.239 e. The number of allylic oxidation sites excluding steroid dienone is 2. The first kappa shape index (κ1) is 23.9. The van der Waals surface area contributed by atoms with Gasteiger partial charge >= 0.3 is 0 Å². The molecule has 2 saturated carbocycles. The van der Waals surface area contributed by atoms with Crippen LogP contribution in [0, 0.1) is 34.5 Å². The van der Waals surface area contributed by atoms with E-state index in [9.17, 15) is 4.79 Å². The molecule has 9 atom stereocenters. The molecule has 4 aliphatic carbocycles. The van der Waals surface area contributed by atoms with Crippen molar-refractivity contribution in [3.8, 4) is 0 Å². The molecule has 0 radical (unpaired) electrons. The van der Waals surface area contributed by atoms with Gasteiger partial charge in [-0.2, -0.15) is 0 Å². The lowest BCUT2D eigenvalue weighted by atomic mass is 9.47. The average molecular weight is 494 g/mol. The Labute approximate surface area is 215 Å². The molecular formula is C30H43N3OS. The van der Waals surface area contributed by atoms with Crippen LogP contribution in [0.5, 0.6) is 0 Å². The standard InChI is InChI=1S/C30H43N3OS/c1-19-24-9-10-26-23-8-7-20-16-21(33(4)28(34)27(31)17-22-6-5-15-35-22)11-13-29(20,2)25(23)12-14-30(24,26)18-32(19)3/h5-7,9-10,15,19,21,23-27H,8,11-14,16-18,31H2,1-4H3/t19-,21-,23+,24+,25?,26-,27+,29-,30-/m0/s1. The monoisotopic (exact) mass is 493 g/mol. The van der Waals surface area contributed by atoms with Gasteiger partial charge in [-0.05, 0) is 98.4 Å². The minimum atomic E-state index is -0.444. The lowest BCUT2D eigenvalue weighted by molar-refractivity contribution is -0.134. The van der Waals surface area contributed by atoms with Gasteiger partial charge in [0.25, 0.3) is 0 Å². The van der Waals surface area contributed by atoms with Crippen LogP contribution in [0.4, 0.5) is 0 Å². The van der Waals surface area contributed by atoms with Crippen molar-refractivity contribution < 1.29 is 4.79 Å². The summed E-state index contributed by atoms with van der Waals surface area (Å²) in [6.45, 7) is 6.27. The Hall–Kier alpha value is -1.43. The predicted molar refractivity (Wildman–Crippen MR) is 144 cm³/mol. The molecule has 2 heterocycles. The summed E-state index contributed by atoms with van der Waals surface area (Å²) in [5, 5.41) is 2.06. The number of hydrogen-bond acceptors (Lipinski definition) is 4. The molecule has 0 aromatic carbocycles. The van der Waals surface area contributed by atoms with E-state index in [0.29, 0.717) is 23.3 Å². The van der Waals surface area contributed by atoms with Crippen LogP contribution in [0.1, 0.15) is 57.2 Å². The SMILES string of the molecule is C[C@H]1[C@H]2C=C[C@H]3[C@@H]4CC=C5C[C@@H](N(C)C(=O)[C@H](N)Cc6cccs6)CC[C@]5(C)C4CC[C@]23CN1C.